The van der Waals surface area contributed by atoms with Crippen LogP contribution in [0.5, 0.6) is 11.5 Å². The van der Waals surface area contributed by atoms with E-state index in [9.17, 15) is 19.8 Å². The molecule has 7 nitrogen and oxygen atoms in total. The Morgan fingerprint density at radius 1 is 1.00 bits per heavy atom. The second kappa shape index (κ2) is 7.57. The maximum atomic E-state index is 12.1. The minimum absolute atomic E-state index is 0.00436. The highest BCUT2D eigenvalue weighted by Gasteiger charge is 2.27. The van der Waals surface area contributed by atoms with Crippen LogP contribution in [0.2, 0.25) is 0 Å². The maximum Gasteiger partial charge on any atom is 0.345 e. The Labute approximate surface area is 144 Å². The van der Waals surface area contributed by atoms with Gasteiger partial charge in [0.2, 0.25) is 0 Å². The summed E-state index contributed by atoms with van der Waals surface area (Å²) in [5.74, 6) is -0.285. The Kier molecular flexibility index (Phi) is 5.69. The molecular weight excluding hydrogens is 328 g/mol. The lowest BCUT2D eigenvalue weighted by molar-refractivity contribution is 0.0472. The van der Waals surface area contributed by atoms with Gasteiger partial charge in [-0.3, -0.25) is 0 Å². The van der Waals surface area contributed by atoms with E-state index < -0.39 is 23.3 Å². The van der Waals surface area contributed by atoms with Gasteiger partial charge in [-0.05, 0) is 33.1 Å². The van der Waals surface area contributed by atoms with Crippen LogP contribution in [-0.2, 0) is 4.74 Å². The molecule has 2 unspecified atom stereocenters. The number of aromatic hydroxyl groups is 2. The Bertz CT molecular complexity index is 863. The predicted octanol–water partition coefficient (Wildman–Crippen LogP) is 2.89. The van der Waals surface area contributed by atoms with E-state index in [4.69, 9.17) is 13.6 Å². The van der Waals surface area contributed by atoms with Crippen molar-refractivity contribution in [1.29, 1.82) is 0 Å². The standard InChI is InChI=1S/C18H22O7/c1-5-23-14(16-13(20)8-11(4)25-18(16)22)6-9(2)15-12(19)7-10(3)24-17(15)21/h7-9,14,19-20H,5-6H2,1-4H3. The molecule has 2 N–H and O–H groups in total. The van der Waals surface area contributed by atoms with Crippen LogP contribution in [0.3, 0.4) is 0 Å². The molecule has 0 aliphatic carbocycles. The van der Waals surface area contributed by atoms with Crippen LogP contribution in [0.15, 0.2) is 30.6 Å². The third-order valence-corrected chi connectivity index (χ3v) is 3.93. The molecule has 2 rings (SSSR count). The van der Waals surface area contributed by atoms with Crippen molar-refractivity contribution < 1.29 is 23.8 Å². The van der Waals surface area contributed by atoms with Gasteiger partial charge in [-0.25, -0.2) is 9.59 Å². The maximum absolute atomic E-state index is 12.1. The number of aryl methyl sites for hydroxylation is 2. The molecule has 25 heavy (non-hydrogen) atoms. The fourth-order valence-corrected chi connectivity index (χ4v) is 2.87. The second-order valence-electron chi connectivity index (χ2n) is 5.97. The number of rotatable bonds is 6. The lowest BCUT2D eigenvalue weighted by Gasteiger charge is -2.21. The van der Waals surface area contributed by atoms with Crippen LogP contribution in [-0.4, -0.2) is 16.8 Å². The zero-order valence-electron chi connectivity index (χ0n) is 14.7. The van der Waals surface area contributed by atoms with Crippen molar-refractivity contribution in [2.45, 2.75) is 46.1 Å². The molecule has 0 fully saturated rings. The molecule has 0 bridgehead atoms. The third-order valence-electron chi connectivity index (χ3n) is 3.93. The van der Waals surface area contributed by atoms with E-state index in [1.165, 1.54) is 12.1 Å². The highest BCUT2D eigenvalue weighted by atomic mass is 16.5. The van der Waals surface area contributed by atoms with Gasteiger partial charge in [0, 0.05) is 18.7 Å². The zero-order chi connectivity index (χ0) is 18.7. The number of hydrogen-bond acceptors (Lipinski definition) is 7. The minimum atomic E-state index is -0.794. The van der Waals surface area contributed by atoms with Crippen LogP contribution in [0, 0.1) is 13.8 Å². The Balaban J connectivity index is 2.41. The lowest BCUT2D eigenvalue weighted by Crippen LogP contribution is -2.20. The molecule has 2 atom stereocenters. The topological polar surface area (TPSA) is 110 Å². The van der Waals surface area contributed by atoms with Gasteiger partial charge in [0.25, 0.3) is 0 Å². The fraction of sp³-hybridized carbons (Fsp3) is 0.444. The summed E-state index contributed by atoms with van der Waals surface area (Å²) in [5, 5.41) is 20.2. The van der Waals surface area contributed by atoms with E-state index in [1.54, 1.807) is 27.7 Å². The molecule has 0 saturated carbocycles. The molecule has 0 amide bonds. The van der Waals surface area contributed by atoms with Crippen molar-refractivity contribution in [3.05, 3.63) is 55.6 Å². The molecule has 0 radical (unpaired) electrons. The summed E-state index contributed by atoms with van der Waals surface area (Å²) in [6, 6.07) is 2.70. The molecule has 2 aromatic rings. The Morgan fingerprint density at radius 3 is 1.92 bits per heavy atom. The normalized spacial score (nSPS) is 13.6. The van der Waals surface area contributed by atoms with Gasteiger partial charge >= 0.3 is 11.3 Å². The van der Waals surface area contributed by atoms with E-state index in [0.717, 1.165) is 0 Å². The average molecular weight is 350 g/mol. The zero-order valence-corrected chi connectivity index (χ0v) is 14.7. The first-order valence-corrected chi connectivity index (χ1v) is 8.03. The molecule has 0 spiro atoms. The Morgan fingerprint density at radius 2 is 1.48 bits per heavy atom. The molecule has 136 valence electrons. The second-order valence-corrected chi connectivity index (χ2v) is 5.97. The Hall–Kier alpha value is -2.54. The molecular formula is C18H22O7. The third kappa shape index (κ3) is 4.11. The highest BCUT2D eigenvalue weighted by Crippen LogP contribution is 2.35. The van der Waals surface area contributed by atoms with Crippen molar-refractivity contribution in [3.63, 3.8) is 0 Å². The molecule has 0 aromatic carbocycles. The van der Waals surface area contributed by atoms with E-state index in [-0.39, 0.29) is 34.8 Å². The minimum Gasteiger partial charge on any atom is -0.507 e. The van der Waals surface area contributed by atoms with Gasteiger partial charge in [0.15, 0.2) is 0 Å². The van der Waals surface area contributed by atoms with Crippen molar-refractivity contribution in [1.82, 2.24) is 0 Å². The van der Waals surface area contributed by atoms with Crippen molar-refractivity contribution in [2.75, 3.05) is 6.61 Å². The van der Waals surface area contributed by atoms with Gasteiger partial charge in [0.05, 0.1) is 11.7 Å². The van der Waals surface area contributed by atoms with Gasteiger partial charge in [-0.2, -0.15) is 0 Å². The van der Waals surface area contributed by atoms with E-state index in [1.807, 2.05) is 0 Å². The van der Waals surface area contributed by atoms with Gasteiger partial charge in [-0.1, -0.05) is 6.92 Å². The number of ether oxygens (including phenoxy) is 1. The summed E-state index contributed by atoms with van der Waals surface area (Å²) in [6.45, 7) is 6.87. The van der Waals surface area contributed by atoms with Gasteiger partial charge < -0.3 is 23.8 Å². The highest BCUT2D eigenvalue weighted by molar-refractivity contribution is 5.35. The average Bonchev–Trinajstić information content (AvgIpc) is 2.44. The SMILES string of the molecule is CCOC(CC(C)c1c(O)cc(C)oc1=O)c1c(O)cc(C)oc1=O. The quantitative estimate of drug-likeness (QED) is 0.824. The first kappa shape index (κ1) is 18.8. The largest absolute Gasteiger partial charge is 0.507 e. The summed E-state index contributed by atoms with van der Waals surface area (Å²) in [5.41, 5.74) is -1.23. The monoisotopic (exact) mass is 350 g/mol. The molecule has 7 heteroatoms. The first-order chi connectivity index (χ1) is 11.7. The molecule has 2 heterocycles. The predicted molar refractivity (Wildman–Crippen MR) is 90.2 cm³/mol. The molecule has 2 aromatic heterocycles. The fourth-order valence-electron chi connectivity index (χ4n) is 2.87. The summed E-state index contributed by atoms with van der Waals surface area (Å²) in [6.07, 6.45) is -0.617. The van der Waals surface area contributed by atoms with E-state index in [0.29, 0.717) is 12.4 Å². The van der Waals surface area contributed by atoms with Crippen LogP contribution in [0.1, 0.15) is 54.9 Å². The summed E-state index contributed by atoms with van der Waals surface area (Å²) < 4.78 is 15.7. The van der Waals surface area contributed by atoms with E-state index >= 15 is 0 Å². The van der Waals surface area contributed by atoms with Crippen LogP contribution < -0.4 is 11.3 Å². The van der Waals surface area contributed by atoms with E-state index in [2.05, 4.69) is 0 Å². The van der Waals surface area contributed by atoms with Crippen molar-refractivity contribution >= 4 is 0 Å². The summed E-state index contributed by atoms with van der Waals surface area (Å²) >= 11 is 0. The summed E-state index contributed by atoms with van der Waals surface area (Å²) in [7, 11) is 0. The van der Waals surface area contributed by atoms with Crippen LogP contribution >= 0.6 is 0 Å². The van der Waals surface area contributed by atoms with Gasteiger partial charge in [0.1, 0.15) is 28.6 Å². The first-order valence-electron chi connectivity index (χ1n) is 8.03. The van der Waals surface area contributed by atoms with Crippen molar-refractivity contribution in [3.8, 4) is 11.5 Å². The van der Waals surface area contributed by atoms with Crippen molar-refractivity contribution in [2.24, 2.45) is 0 Å². The lowest BCUT2D eigenvalue weighted by atomic mass is 9.92. The summed E-state index contributed by atoms with van der Waals surface area (Å²) in [4.78, 5) is 24.2. The molecule has 0 saturated heterocycles. The molecule has 0 aliphatic heterocycles. The number of hydrogen-bond donors (Lipinski definition) is 2. The van der Waals surface area contributed by atoms with Crippen LogP contribution in [0.25, 0.3) is 0 Å². The van der Waals surface area contributed by atoms with Gasteiger partial charge in [-0.15, -0.1) is 0 Å². The molecule has 0 aliphatic rings. The van der Waals surface area contributed by atoms with Crippen LogP contribution in [0.4, 0.5) is 0 Å². The smallest absolute Gasteiger partial charge is 0.345 e.